The largest absolute Gasteiger partial charge is 0.394 e. The summed E-state index contributed by atoms with van der Waals surface area (Å²) in [6.07, 6.45) is 1.90. The number of nitrogens with two attached hydrogens (primary N) is 1. The molecule has 1 rings (SSSR count). The third-order valence-electron chi connectivity index (χ3n) is 2.54. The standard InChI is InChI=1S/C13H21NOS/c1-11-4-6-12(7-5-11)16-9-3-8-13(2,14)10-15/h4-7,15H,3,8-10,14H2,1-2H3. The van der Waals surface area contributed by atoms with E-state index in [-0.39, 0.29) is 6.61 Å². The van der Waals surface area contributed by atoms with E-state index in [1.54, 1.807) is 0 Å². The molecule has 1 unspecified atom stereocenters. The maximum atomic E-state index is 9.01. The van der Waals surface area contributed by atoms with Crippen LogP contribution in [0.1, 0.15) is 25.3 Å². The molecule has 0 aliphatic rings. The highest BCUT2D eigenvalue weighted by molar-refractivity contribution is 7.99. The molecule has 0 fully saturated rings. The molecule has 1 aromatic carbocycles. The number of hydrogen-bond acceptors (Lipinski definition) is 3. The second-order valence-corrected chi connectivity index (χ2v) is 5.75. The smallest absolute Gasteiger partial charge is 0.0608 e. The Bertz CT molecular complexity index is 308. The number of aliphatic hydroxyl groups is 1. The van der Waals surface area contributed by atoms with Gasteiger partial charge < -0.3 is 10.8 Å². The molecule has 0 amide bonds. The van der Waals surface area contributed by atoms with Crippen LogP contribution in [0.2, 0.25) is 0 Å². The first-order valence-corrected chi connectivity index (χ1v) is 6.61. The van der Waals surface area contributed by atoms with Crippen molar-refractivity contribution in [2.75, 3.05) is 12.4 Å². The molecule has 3 N–H and O–H groups in total. The van der Waals surface area contributed by atoms with Gasteiger partial charge >= 0.3 is 0 Å². The topological polar surface area (TPSA) is 46.2 Å². The van der Waals surface area contributed by atoms with Crippen molar-refractivity contribution in [1.29, 1.82) is 0 Å². The molecule has 1 atom stereocenters. The summed E-state index contributed by atoms with van der Waals surface area (Å²) in [7, 11) is 0. The maximum absolute atomic E-state index is 9.01. The lowest BCUT2D eigenvalue weighted by Gasteiger charge is -2.21. The van der Waals surface area contributed by atoms with Gasteiger partial charge in [-0.25, -0.2) is 0 Å². The third kappa shape index (κ3) is 5.01. The molecule has 0 spiro atoms. The highest BCUT2D eigenvalue weighted by Crippen LogP contribution is 2.21. The fourth-order valence-corrected chi connectivity index (χ4v) is 2.23. The summed E-state index contributed by atoms with van der Waals surface area (Å²) in [6, 6.07) is 8.55. The van der Waals surface area contributed by atoms with Crippen LogP contribution in [-0.2, 0) is 0 Å². The van der Waals surface area contributed by atoms with Crippen molar-refractivity contribution >= 4 is 11.8 Å². The van der Waals surface area contributed by atoms with Crippen LogP contribution in [0.15, 0.2) is 29.2 Å². The molecule has 0 bridgehead atoms. The van der Waals surface area contributed by atoms with E-state index in [1.807, 2.05) is 18.7 Å². The molecule has 16 heavy (non-hydrogen) atoms. The zero-order valence-corrected chi connectivity index (χ0v) is 10.9. The van der Waals surface area contributed by atoms with E-state index in [1.165, 1.54) is 10.5 Å². The summed E-state index contributed by atoms with van der Waals surface area (Å²) in [4.78, 5) is 1.30. The number of aryl methyl sites for hydroxylation is 1. The van der Waals surface area contributed by atoms with Gasteiger partial charge in [-0.05, 0) is 44.6 Å². The molecular weight excluding hydrogens is 218 g/mol. The Morgan fingerprint density at radius 1 is 1.31 bits per heavy atom. The van der Waals surface area contributed by atoms with Crippen LogP contribution < -0.4 is 5.73 Å². The van der Waals surface area contributed by atoms with E-state index in [0.717, 1.165) is 18.6 Å². The summed E-state index contributed by atoms with van der Waals surface area (Å²) in [5.74, 6) is 1.05. The minimum absolute atomic E-state index is 0.0577. The van der Waals surface area contributed by atoms with Crippen LogP contribution in [-0.4, -0.2) is 23.0 Å². The Hall–Kier alpha value is -0.510. The minimum Gasteiger partial charge on any atom is -0.394 e. The quantitative estimate of drug-likeness (QED) is 0.592. The Labute approximate surface area is 102 Å². The van der Waals surface area contributed by atoms with Crippen LogP contribution in [0, 0.1) is 6.92 Å². The van der Waals surface area contributed by atoms with Crippen molar-refractivity contribution in [1.82, 2.24) is 0 Å². The fraction of sp³-hybridized carbons (Fsp3) is 0.538. The molecule has 0 radical (unpaired) electrons. The van der Waals surface area contributed by atoms with E-state index in [2.05, 4.69) is 31.2 Å². The molecule has 3 heteroatoms. The van der Waals surface area contributed by atoms with Gasteiger partial charge in [-0.2, -0.15) is 0 Å². The van der Waals surface area contributed by atoms with Gasteiger partial charge in [0, 0.05) is 10.4 Å². The summed E-state index contributed by atoms with van der Waals surface area (Å²) < 4.78 is 0. The first-order chi connectivity index (χ1) is 7.53. The van der Waals surface area contributed by atoms with Gasteiger partial charge in [-0.15, -0.1) is 11.8 Å². The first kappa shape index (κ1) is 13.6. The highest BCUT2D eigenvalue weighted by atomic mass is 32.2. The highest BCUT2D eigenvalue weighted by Gasteiger charge is 2.15. The predicted octanol–water partition coefficient (Wildman–Crippen LogP) is 2.58. The van der Waals surface area contributed by atoms with E-state index in [0.29, 0.717) is 0 Å². The van der Waals surface area contributed by atoms with E-state index < -0.39 is 5.54 Å². The van der Waals surface area contributed by atoms with Gasteiger partial charge in [-0.3, -0.25) is 0 Å². The predicted molar refractivity (Wildman–Crippen MR) is 70.8 cm³/mol. The van der Waals surface area contributed by atoms with Gasteiger partial charge in [0.15, 0.2) is 0 Å². The molecule has 0 aliphatic carbocycles. The summed E-state index contributed by atoms with van der Waals surface area (Å²) in [5.41, 5.74) is 6.72. The summed E-state index contributed by atoms with van der Waals surface area (Å²) in [5, 5.41) is 9.01. The minimum atomic E-state index is -0.423. The lowest BCUT2D eigenvalue weighted by molar-refractivity contribution is 0.200. The Morgan fingerprint density at radius 3 is 2.50 bits per heavy atom. The molecule has 0 saturated heterocycles. The molecule has 0 aliphatic heterocycles. The zero-order valence-electron chi connectivity index (χ0n) is 10.1. The molecule has 2 nitrogen and oxygen atoms in total. The monoisotopic (exact) mass is 239 g/mol. The number of hydrogen-bond donors (Lipinski definition) is 2. The summed E-state index contributed by atoms with van der Waals surface area (Å²) in [6.45, 7) is 4.04. The average molecular weight is 239 g/mol. The Morgan fingerprint density at radius 2 is 1.94 bits per heavy atom. The van der Waals surface area contributed by atoms with E-state index >= 15 is 0 Å². The van der Waals surface area contributed by atoms with Gasteiger partial charge in [0.2, 0.25) is 0 Å². The second kappa shape index (κ2) is 6.28. The lowest BCUT2D eigenvalue weighted by Crippen LogP contribution is -2.40. The molecule has 0 heterocycles. The molecule has 0 saturated carbocycles. The zero-order chi connectivity index (χ0) is 12.0. The normalized spacial score (nSPS) is 14.8. The summed E-state index contributed by atoms with van der Waals surface area (Å²) >= 11 is 1.84. The maximum Gasteiger partial charge on any atom is 0.0608 e. The molecule has 90 valence electrons. The Balaban J connectivity index is 2.23. The first-order valence-electron chi connectivity index (χ1n) is 5.63. The van der Waals surface area contributed by atoms with Gasteiger partial charge in [0.1, 0.15) is 0 Å². The van der Waals surface area contributed by atoms with Crippen molar-refractivity contribution < 1.29 is 5.11 Å². The van der Waals surface area contributed by atoms with Crippen molar-refractivity contribution in [3.8, 4) is 0 Å². The number of thioether (sulfide) groups is 1. The molecular formula is C13H21NOS. The third-order valence-corrected chi connectivity index (χ3v) is 3.64. The second-order valence-electron chi connectivity index (χ2n) is 4.58. The van der Waals surface area contributed by atoms with E-state index in [9.17, 15) is 0 Å². The van der Waals surface area contributed by atoms with Crippen LogP contribution in [0.5, 0.6) is 0 Å². The van der Waals surface area contributed by atoms with Crippen molar-refractivity contribution in [3.63, 3.8) is 0 Å². The number of aliphatic hydroxyl groups excluding tert-OH is 1. The van der Waals surface area contributed by atoms with Gasteiger partial charge in [0.05, 0.1) is 6.61 Å². The SMILES string of the molecule is Cc1ccc(SCCCC(C)(N)CO)cc1. The van der Waals surface area contributed by atoms with Crippen LogP contribution >= 0.6 is 11.8 Å². The van der Waals surface area contributed by atoms with Crippen LogP contribution in [0.4, 0.5) is 0 Å². The van der Waals surface area contributed by atoms with Crippen molar-refractivity contribution in [2.45, 2.75) is 37.1 Å². The van der Waals surface area contributed by atoms with Crippen LogP contribution in [0.3, 0.4) is 0 Å². The number of benzene rings is 1. The average Bonchev–Trinajstić information content (AvgIpc) is 2.27. The Kier molecular flexibility index (Phi) is 5.32. The molecule has 1 aromatic rings. The van der Waals surface area contributed by atoms with E-state index in [4.69, 9.17) is 10.8 Å². The van der Waals surface area contributed by atoms with Gasteiger partial charge in [0.25, 0.3) is 0 Å². The van der Waals surface area contributed by atoms with Crippen molar-refractivity contribution in [2.24, 2.45) is 5.73 Å². The fourth-order valence-electron chi connectivity index (χ4n) is 1.38. The lowest BCUT2D eigenvalue weighted by atomic mass is 9.99. The van der Waals surface area contributed by atoms with Gasteiger partial charge in [-0.1, -0.05) is 17.7 Å². The molecule has 0 aromatic heterocycles. The number of rotatable bonds is 6. The van der Waals surface area contributed by atoms with Crippen molar-refractivity contribution in [3.05, 3.63) is 29.8 Å². The van der Waals surface area contributed by atoms with Crippen LogP contribution in [0.25, 0.3) is 0 Å².